The van der Waals surface area contributed by atoms with Crippen LogP contribution in [0.3, 0.4) is 0 Å². The van der Waals surface area contributed by atoms with E-state index in [2.05, 4.69) is 117 Å². The molecule has 0 amide bonds. The third kappa shape index (κ3) is 3.48. The second-order valence-electron chi connectivity index (χ2n) is 10.9. The number of rotatable bonds is 2. The van der Waals surface area contributed by atoms with E-state index >= 15 is 0 Å². The number of thiophene rings is 1. The highest BCUT2D eigenvalue weighted by molar-refractivity contribution is 7.26. The summed E-state index contributed by atoms with van der Waals surface area (Å²) in [4.78, 5) is 9.40. The quantitative estimate of drug-likeness (QED) is 0.208. The number of benzene rings is 6. The fourth-order valence-electron chi connectivity index (χ4n) is 6.37. The smallest absolute Gasteiger partial charge is 0.0971 e. The van der Waals surface area contributed by atoms with Crippen molar-refractivity contribution in [2.75, 3.05) is 0 Å². The van der Waals surface area contributed by atoms with E-state index in [1.165, 1.54) is 69.9 Å². The monoisotopic (exact) mass is 530 g/mol. The molecule has 190 valence electrons. The highest BCUT2D eigenvalue weighted by atomic mass is 32.1. The van der Waals surface area contributed by atoms with Crippen molar-refractivity contribution in [3.05, 3.63) is 120 Å². The molecule has 0 fully saturated rings. The molecule has 40 heavy (non-hydrogen) atoms. The highest BCUT2D eigenvalue weighted by Gasteiger charge is 2.15. The normalized spacial score (nSPS) is 11.9. The van der Waals surface area contributed by atoms with E-state index in [0.29, 0.717) is 0 Å². The summed E-state index contributed by atoms with van der Waals surface area (Å²) < 4.78 is 2.75. The molecule has 0 unspecified atom stereocenters. The van der Waals surface area contributed by atoms with E-state index < -0.39 is 0 Å². The van der Waals surface area contributed by atoms with Crippen LogP contribution >= 0.6 is 11.3 Å². The predicted octanol–water partition coefficient (Wildman–Crippen LogP) is 10.6. The van der Waals surface area contributed by atoms with Gasteiger partial charge in [-0.2, -0.15) is 0 Å². The molecule has 0 N–H and O–H groups in total. The van der Waals surface area contributed by atoms with Crippen LogP contribution in [0, 0.1) is 20.8 Å². The average molecular weight is 531 g/mol. The van der Waals surface area contributed by atoms with Crippen molar-refractivity contribution in [1.82, 2.24) is 9.97 Å². The maximum Gasteiger partial charge on any atom is 0.0971 e. The Labute approximate surface area is 236 Å². The minimum absolute atomic E-state index is 0.953. The van der Waals surface area contributed by atoms with E-state index in [1.54, 1.807) is 12.4 Å². The average Bonchev–Trinajstić information content (AvgIpc) is 3.35. The first kappa shape index (κ1) is 23.3. The third-order valence-corrected chi connectivity index (χ3v) is 9.49. The van der Waals surface area contributed by atoms with Crippen LogP contribution in [0.25, 0.3) is 75.0 Å². The molecule has 3 heteroatoms. The van der Waals surface area contributed by atoms with Gasteiger partial charge in [0.15, 0.2) is 0 Å². The molecule has 0 radical (unpaired) electrons. The fourth-order valence-corrected chi connectivity index (χ4v) is 7.63. The van der Waals surface area contributed by atoms with Gasteiger partial charge in [0.25, 0.3) is 0 Å². The lowest BCUT2D eigenvalue weighted by Gasteiger charge is -2.12. The Morgan fingerprint density at radius 2 is 1.12 bits per heavy atom. The molecule has 8 aromatic rings. The fraction of sp³-hybridized carbons (Fsp3) is 0.0811. The number of aromatic nitrogens is 2. The van der Waals surface area contributed by atoms with Gasteiger partial charge in [-0.25, -0.2) is 0 Å². The van der Waals surface area contributed by atoms with Gasteiger partial charge in [0.2, 0.25) is 0 Å². The van der Waals surface area contributed by atoms with E-state index in [0.717, 1.165) is 21.8 Å². The molecule has 0 aliphatic carbocycles. The Bertz CT molecular complexity index is 2270. The van der Waals surface area contributed by atoms with Crippen molar-refractivity contribution >= 4 is 64.1 Å². The van der Waals surface area contributed by atoms with E-state index in [-0.39, 0.29) is 0 Å². The van der Waals surface area contributed by atoms with Crippen LogP contribution in [0.15, 0.2) is 103 Å². The lowest BCUT2D eigenvalue weighted by molar-refractivity contribution is 1.31. The Kier molecular flexibility index (Phi) is 5.07. The summed E-state index contributed by atoms with van der Waals surface area (Å²) in [6.45, 7) is 6.63. The zero-order valence-corrected chi connectivity index (χ0v) is 23.4. The molecule has 0 aliphatic heterocycles. The van der Waals surface area contributed by atoms with Gasteiger partial charge in [-0.3, -0.25) is 9.97 Å². The first-order valence-corrected chi connectivity index (χ1v) is 14.5. The van der Waals surface area contributed by atoms with Crippen molar-refractivity contribution in [3.63, 3.8) is 0 Å². The molecule has 2 nitrogen and oxygen atoms in total. The standard InChI is InChI=1S/C37H26N2S/c1-21-15-23(3)36-32(17-21)33-18-22(2)16-30(37(33)40-36)26-8-6-7-24(19-26)25-11-12-29-31(20-25)27-9-4-5-10-28(27)34-35(29)39-14-13-38-34/h4-20H,1-3H3. The maximum atomic E-state index is 4.72. The van der Waals surface area contributed by atoms with Crippen LogP contribution in [-0.2, 0) is 0 Å². The van der Waals surface area contributed by atoms with Gasteiger partial charge in [0.1, 0.15) is 0 Å². The maximum absolute atomic E-state index is 4.72. The Balaban J connectivity index is 1.35. The van der Waals surface area contributed by atoms with Crippen molar-refractivity contribution in [2.24, 2.45) is 0 Å². The van der Waals surface area contributed by atoms with Crippen molar-refractivity contribution in [1.29, 1.82) is 0 Å². The Morgan fingerprint density at radius 1 is 0.475 bits per heavy atom. The van der Waals surface area contributed by atoms with Gasteiger partial charge in [-0.15, -0.1) is 11.3 Å². The molecular weight excluding hydrogens is 504 g/mol. The van der Waals surface area contributed by atoms with Crippen molar-refractivity contribution in [3.8, 4) is 22.3 Å². The van der Waals surface area contributed by atoms with Crippen LogP contribution in [0.2, 0.25) is 0 Å². The predicted molar refractivity (Wildman–Crippen MR) is 173 cm³/mol. The summed E-state index contributed by atoms with van der Waals surface area (Å²) >= 11 is 1.92. The number of hydrogen-bond donors (Lipinski definition) is 0. The second kappa shape index (κ2) is 8.70. The topological polar surface area (TPSA) is 25.8 Å². The van der Waals surface area contributed by atoms with E-state index in [9.17, 15) is 0 Å². The van der Waals surface area contributed by atoms with Gasteiger partial charge >= 0.3 is 0 Å². The second-order valence-corrected chi connectivity index (χ2v) is 11.9. The van der Waals surface area contributed by atoms with Gasteiger partial charge in [-0.1, -0.05) is 66.2 Å². The molecule has 0 saturated carbocycles. The molecule has 0 aliphatic rings. The summed E-state index contributed by atoms with van der Waals surface area (Å²) in [5.74, 6) is 0. The summed E-state index contributed by atoms with van der Waals surface area (Å²) in [6, 6.07) is 33.6. The summed E-state index contributed by atoms with van der Waals surface area (Å²) in [5.41, 5.74) is 10.8. The lowest BCUT2D eigenvalue weighted by atomic mass is 9.93. The zero-order chi connectivity index (χ0) is 27.0. The molecule has 2 aromatic heterocycles. The molecule has 0 bridgehead atoms. The first-order chi connectivity index (χ1) is 19.5. The van der Waals surface area contributed by atoms with E-state index in [1.807, 2.05) is 11.3 Å². The minimum Gasteiger partial charge on any atom is -0.252 e. The summed E-state index contributed by atoms with van der Waals surface area (Å²) in [7, 11) is 0. The van der Waals surface area contributed by atoms with Crippen LogP contribution < -0.4 is 0 Å². The molecule has 0 atom stereocenters. The largest absolute Gasteiger partial charge is 0.252 e. The minimum atomic E-state index is 0.953. The Morgan fingerprint density at radius 3 is 1.93 bits per heavy atom. The van der Waals surface area contributed by atoms with Gasteiger partial charge < -0.3 is 0 Å². The van der Waals surface area contributed by atoms with Crippen LogP contribution in [0.1, 0.15) is 16.7 Å². The van der Waals surface area contributed by atoms with Crippen molar-refractivity contribution in [2.45, 2.75) is 20.8 Å². The first-order valence-electron chi connectivity index (χ1n) is 13.7. The molecule has 2 heterocycles. The molecule has 8 rings (SSSR count). The van der Waals surface area contributed by atoms with Crippen LogP contribution in [0.5, 0.6) is 0 Å². The lowest BCUT2D eigenvalue weighted by Crippen LogP contribution is -1.89. The number of nitrogens with zero attached hydrogens (tertiary/aromatic N) is 2. The zero-order valence-electron chi connectivity index (χ0n) is 22.6. The number of fused-ring (bicyclic) bond motifs is 9. The molecule has 0 saturated heterocycles. The SMILES string of the molecule is Cc1cc(C)c2sc3c(-c4cccc(-c5ccc6c(c5)c5ccccc5c5nccnc65)c4)cc(C)cc3c2c1. The Hall–Kier alpha value is -4.60. The summed E-state index contributed by atoms with van der Waals surface area (Å²) in [5, 5.41) is 7.42. The van der Waals surface area contributed by atoms with E-state index in [4.69, 9.17) is 4.98 Å². The molecule has 0 spiro atoms. The highest BCUT2D eigenvalue weighted by Crippen LogP contribution is 2.43. The summed E-state index contributed by atoms with van der Waals surface area (Å²) in [6.07, 6.45) is 3.56. The van der Waals surface area contributed by atoms with Gasteiger partial charge in [0, 0.05) is 43.3 Å². The number of hydrogen-bond acceptors (Lipinski definition) is 3. The third-order valence-electron chi connectivity index (χ3n) is 8.10. The molecular formula is C37H26N2S. The van der Waals surface area contributed by atoms with Gasteiger partial charge in [-0.05, 0) is 95.3 Å². The van der Waals surface area contributed by atoms with Crippen LogP contribution in [0.4, 0.5) is 0 Å². The van der Waals surface area contributed by atoms with Crippen LogP contribution in [-0.4, -0.2) is 9.97 Å². The number of aryl methyl sites for hydroxylation is 3. The van der Waals surface area contributed by atoms with Crippen molar-refractivity contribution < 1.29 is 0 Å². The molecule has 6 aromatic carbocycles. The van der Waals surface area contributed by atoms with Gasteiger partial charge in [0.05, 0.1) is 11.0 Å².